The first-order valence-electron chi connectivity index (χ1n) is 13.6. The van der Waals surface area contributed by atoms with Crippen molar-refractivity contribution in [2.24, 2.45) is 34.5 Å². The monoisotopic (exact) mass is 541 g/mol. The van der Waals surface area contributed by atoms with Gasteiger partial charge in [0.2, 0.25) is 0 Å². The Balaban J connectivity index is 1.42. The van der Waals surface area contributed by atoms with Crippen molar-refractivity contribution in [3.05, 3.63) is 46.5 Å². The van der Waals surface area contributed by atoms with Gasteiger partial charge in [-0.3, -0.25) is 0 Å². The molecule has 38 heavy (non-hydrogen) atoms. The molecule has 5 aliphatic rings. The number of halogens is 1. The Labute approximate surface area is 227 Å². The Hall–Kier alpha value is -1.90. The SMILES string of the molecule is CC1=C[C@]23C(O)[C@@H](C=C4COC(C)(C)O[C@H]4[C@]2(O)[C@H]1Oc1noc2ccc(Cl)cc12)[C@H]1[C@@H](C[C@H]3C)C1(C)C. The minimum Gasteiger partial charge on any atom is -0.464 e. The first kappa shape index (κ1) is 25.1. The molecule has 1 aliphatic heterocycles. The summed E-state index contributed by atoms with van der Waals surface area (Å²) < 4.78 is 24.8. The van der Waals surface area contributed by atoms with Crippen molar-refractivity contribution >= 4 is 22.6 Å². The molecule has 4 aliphatic carbocycles. The molecule has 1 saturated heterocycles. The van der Waals surface area contributed by atoms with Crippen molar-refractivity contribution in [2.45, 2.75) is 77.7 Å². The number of aliphatic hydroxyl groups excluding tert-OH is 1. The molecule has 7 rings (SSSR count). The third kappa shape index (κ3) is 3.03. The first-order valence-corrected chi connectivity index (χ1v) is 14.0. The van der Waals surface area contributed by atoms with Crippen LogP contribution >= 0.6 is 11.6 Å². The summed E-state index contributed by atoms with van der Waals surface area (Å²) in [5.41, 5.74) is -0.261. The Kier molecular flexibility index (Phi) is 5.04. The van der Waals surface area contributed by atoms with Gasteiger partial charge in [-0.05, 0) is 84.9 Å². The molecule has 2 saturated carbocycles. The van der Waals surface area contributed by atoms with Gasteiger partial charge in [0.25, 0.3) is 5.88 Å². The Bertz CT molecular complexity index is 1390. The van der Waals surface area contributed by atoms with Crippen molar-refractivity contribution in [2.75, 3.05) is 6.61 Å². The highest BCUT2D eigenvalue weighted by Crippen LogP contribution is 2.73. The van der Waals surface area contributed by atoms with E-state index in [2.05, 4.69) is 38.1 Å². The molecule has 1 aromatic heterocycles. The fourth-order valence-electron chi connectivity index (χ4n) is 8.69. The van der Waals surface area contributed by atoms with Gasteiger partial charge in [-0.25, -0.2) is 0 Å². The highest BCUT2D eigenvalue weighted by atomic mass is 35.5. The standard InChI is InChI=1S/C30H36ClNO6/c1-14-12-29-15(2)9-20-22(27(20,3)4)19(23(29)33)10-16-13-35-28(5,6)37-25(16)30(29,34)24(14)36-26-18-11-17(31)7-8-21(18)38-32-26/h7-8,10-12,15,19-20,22-25,33-34H,9,13H2,1-6H3/t15-,19+,20-,22+,23?,24+,25-,29+,30-/m1/s1. The van der Waals surface area contributed by atoms with Crippen LogP contribution < -0.4 is 4.74 Å². The molecule has 9 atom stereocenters. The minimum absolute atomic E-state index is 0.0314. The molecule has 1 aromatic carbocycles. The molecular formula is C30H36ClNO6. The van der Waals surface area contributed by atoms with Gasteiger partial charge in [0.15, 0.2) is 17.5 Å². The molecule has 1 spiro atoms. The number of hydrogen-bond acceptors (Lipinski definition) is 7. The summed E-state index contributed by atoms with van der Waals surface area (Å²) in [7, 11) is 0. The van der Waals surface area contributed by atoms with Crippen LogP contribution in [0.3, 0.4) is 0 Å². The van der Waals surface area contributed by atoms with E-state index in [4.69, 9.17) is 30.3 Å². The molecule has 2 N–H and O–H groups in total. The van der Waals surface area contributed by atoms with E-state index in [-0.39, 0.29) is 23.1 Å². The average Bonchev–Trinajstić information content (AvgIpc) is 3.12. The van der Waals surface area contributed by atoms with Crippen LogP contribution in [-0.4, -0.2) is 51.7 Å². The third-order valence-corrected chi connectivity index (χ3v) is 10.8. The number of aromatic nitrogens is 1. The molecule has 2 aromatic rings. The van der Waals surface area contributed by atoms with Crippen LogP contribution in [0.2, 0.25) is 5.02 Å². The van der Waals surface area contributed by atoms with Gasteiger partial charge in [-0.1, -0.05) is 44.5 Å². The zero-order valence-corrected chi connectivity index (χ0v) is 23.5. The second-order valence-electron chi connectivity index (χ2n) is 13.3. The van der Waals surface area contributed by atoms with E-state index in [0.717, 1.165) is 17.6 Å². The van der Waals surface area contributed by atoms with Crippen LogP contribution in [0.15, 0.2) is 46.0 Å². The van der Waals surface area contributed by atoms with Gasteiger partial charge >= 0.3 is 0 Å². The first-order chi connectivity index (χ1) is 17.8. The molecule has 7 nitrogen and oxygen atoms in total. The summed E-state index contributed by atoms with van der Waals surface area (Å²) in [6.07, 6.45) is 2.73. The largest absolute Gasteiger partial charge is 0.464 e. The van der Waals surface area contributed by atoms with Crippen LogP contribution in [-0.2, 0) is 9.47 Å². The van der Waals surface area contributed by atoms with Gasteiger partial charge < -0.3 is 28.9 Å². The number of aliphatic hydroxyl groups is 2. The van der Waals surface area contributed by atoms with E-state index in [0.29, 0.717) is 34.4 Å². The van der Waals surface area contributed by atoms with E-state index in [1.807, 2.05) is 20.8 Å². The van der Waals surface area contributed by atoms with Crippen molar-refractivity contribution < 1.29 is 28.9 Å². The van der Waals surface area contributed by atoms with Gasteiger partial charge in [0.1, 0.15) is 11.7 Å². The molecule has 2 bridgehead atoms. The summed E-state index contributed by atoms with van der Waals surface area (Å²) in [6, 6.07) is 5.23. The Morgan fingerprint density at radius 3 is 2.71 bits per heavy atom. The predicted molar refractivity (Wildman–Crippen MR) is 142 cm³/mol. The maximum Gasteiger partial charge on any atom is 0.262 e. The zero-order chi connectivity index (χ0) is 27.0. The maximum absolute atomic E-state index is 13.2. The van der Waals surface area contributed by atoms with Crippen LogP contribution in [0.4, 0.5) is 0 Å². The smallest absolute Gasteiger partial charge is 0.262 e. The fourth-order valence-corrected chi connectivity index (χ4v) is 8.87. The number of nitrogens with zero attached hydrogens (tertiary/aromatic N) is 1. The van der Waals surface area contributed by atoms with Crippen molar-refractivity contribution in [3.63, 3.8) is 0 Å². The maximum atomic E-state index is 13.2. The molecule has 1 unspecified atom stereocenters. The van der Waals surface area contributed by atoms with Crippen LogP contribution in [0.25, 0.3) is 11.0 Å². The van der Waals surface area contributed by atoms with Crippen molar-refractivity contribution in [3.8, 4) is 5.88 Å². The molecule has 8 heteroatoms. The molecule has 3 fully saturated rings. The number of ether oxygens (including phenoxy) is 3. The fraction of sp³-hybridized carbons (Fsp3) is 0.633. The van der Waals surface area contributed by atoms with E-state index in [9.17, 15) is 10.2 Å². The van der Waals surface area contributed by atoms with E-state index in [1.54, 1.807) is 18.2 Å². The minimum atomic E-state index is -1.62. The Morgan fingerprint density at radius 1 is 1.18 bits per heavy atom. The normalized spacial score (nSPS) is 44.2. The number of hydrogen-bond donors (Lipinski definition) is 2. The van der Waals surface area contributed by atoms with Crippen LogP contribution in [0.5, 0.6) is 5.88 Å². The number of benzene rings is 1. The van der Waals surface area contributed by atoms with Crippen molar-refractivity contribution in [1.82, 2.24) is 5.16 Å². The summed E-state index contributed by atoms with van der Waals surface area (Å²) in [5, 5.41) is 31.0. The topological polar surface area (TPSA) is 94.2 Å². The lowest BCUT2D eigenvalue weighted by molar-refractivity contribution is -0.310. The number of fused-ring (bicyclic) bond motifs is 6. The quantitative estimate of drug-likeness (QED) is 0.499. The molecule has 204 valence electrons. The zero-order valence-electron chi connectivity index (χ0n) is 22.7. The summed E-state index contributed by atoms with van der Waals surface area (Å²) in [4.78, 5) is 0. The third-order valence-electron chi connectivity index (χ3n) is 10.6. The van der Waals surface area contributed by atoms with E-state index >= 15 is 0 Å². The van der Waals surface area contributed by atoms with Gasteiger partial charge in [-0.2, -0.15) is 0 Å². The molecule has 0 radical (unpaired) electrons. The Morgan fingerprint density at radius 2 is 1.95 bits per heavy atom. The predicted octanol–water partition coefficient (Wildman–Crippen LogP) is 5.29. The summed E-state index contributed by atoms with van der Waals surface area (Å²) in [6.45, 7) is 12.8. The highest BCUT2D eigenvalue weighted by Gasteiger charge is 2.77. The van der Waals surface area contributed by atoms with Crippen LogP contribution in [0, 0.1) is 34.5 Å². The lowest BCUT2D eigenvalue weighted by Gasteiger charge is -2.55. The molecular weight excluding hydrogens is 506 g/mol. The molecule has 0 amide bonds. The van der Waals surface area contributed by atoms with Gasteiger partial charge in [0, 0.05) is 10.9 Å². The van der Waals surface area contributed by atoms with Gasteiger partial charge in [0.05, 0.1) is 23.5 Å². The lowest BCUT2D eigenvalue weighted by atomic mass is 9.58. The van der Waals surface area contributed by atoms with Gasteiger partial charge in [-0.15, -0.1) is 0 Å². The average molecular weight is 542 g/mol. The van der Waals surface area contributed by atoms with Crippen molar-refractivity contribution in [1.29, 1.82) is 0 Å². The summed E-state index contributed by atoms with van der Waals surface area (Å²) in [5.74, 6) is -0.0435. The van der Waals surface area contributed by atoms with Crippen LogP contribution in [0.1, 0.15) is 48.0 Å². The lowest BCUT2D eigenvalue weighted by Crippen LogP contribution is -2.69. The highest BCUT2D eigenvalue weighted by molar-refractivity contribution is 6.31. The second-order valence-corrected chi connectivity index (χ2v) is 13.7. The second kappa shape index (κ2) is 7.64. The number of rotatable bonds is 2. The summed E-state index contributed by atoms with van der Waals surface area (Å²) >= 11 is 6.28. The van der Waals surface area contributed by atoms with E-state index in [1.165, 1.54) is 0 Å². The van der Waals surface area contributed by atoms with E-state index < -0.39 is 35.1 Å². The molecule has 2 heterocycles.